The van der Waals surface area contributed by atoms with Crippen LogP contribution in [0.1, 0.15) is 38.7 Å². The van der Waals surface area contributed by atoms with Crippen LogP contribution in [0.2, 0.25) is 0 Å². The summed E-state index contributed by atoms with van der Waals surface area (Å²) in [5.74, 6) is 1.83. The predicted octanol–water partition coefficient (Wildman–Crippen LogP) is 4.34. The van der Waals surface area contributed by atoms with Gasteiger partial charge in [0, 0.05) is 43.1 Å². The number of hydrogen-bond donors (Lipinski definition) is 1. The number of nitrogens with one attached hydrogen (secondary N) is 1. The van der Waals surface area contributed by atoms with E-state index in [9.17, 15) is 0 Å². The number of aliphatic imine (C=N–C) groups is 1. The highest BCUT2D eigenvalue weighted by molar-refractivity contribution is 14.0. The maximum Gasteiger partial charge on any atom is 0.193 e. The number of nitrogens with zero attached hydrogens (tertiary/aromatic N) is 3. The first kappa shape index (κ1) is 22.9. The summed E-state index contributed by atoms with van der Waals surface area (Å²) in [6, 6.07) is 8.78. The molecule has 0 spiro atoms. The van der Waals surface area contributed by atoms with Crippen LogP contribution in [0.25, 0.3) is 0 Å². The van der Waals surface area contributed by atoms with E-state index < -0.39 is 0 Å². The Bertz CT molecular complexity index is 628. The van der Waals surface area contributed by atoms with Crippen LogP contribution >= 0.6 is 39.9 Å². The van der Waals surface area contributed by atoms with Gasteiger partial charge in [-0.25, -0.2) is 0 Å². The number of hydrogen-bond acceptors (Lipinski definition) is 2. The highest BCUT2D eigenvalue weighted by Gasteiger charge is 2.44. The minimum atomic E-state index is 0. The molecule has 1 atom stereocenters. The van der Waals surface area contributed by atoms with Crippen LogP contribution < -0.4 is 5.32 Å². The molecule has 1 aliphatic heterocycles. The Morgan fingerprint density at radius 2 is 2.07 bits per heavy atom. The number of benzene rings is 1. The lowest BCUT2D eigenvalue weighted by atomic mass is 9.96. The molecule has 152 valence electrons. The maximum absolute atomic E-state index is 4.57. The van der Waals surface area contributed by atoms with Crippen molar-refractivity contribution in [2.45, 2.75) is 38.5 Å². The first-order valence-electron chi connectivity index (χ1n) is 10.0. The predicted molar refractivity (Wildman–Crippen MR) is 129 cm³/mol. The van der Waals surface area contributed by atoms with E-state index in [1.165, 1.54) is 35.8 Å². The minimum absolute atomic E-state index is 0. The third-order valence-corrected chi connectivity index (χ3v) is 6.58. The summed E-state index contributed by atoms with van der Waals surface area (Å²) >= 11 is 3.61. The second kappa shape index (κ2) is 10.4. The van der Waals surface area contributed by atoms with Crippen LogP contribution in [0.4, 0.5) is 0 Å². The zero-order valence-corrected chi connectivity index (χ0v) is 20.8. The smallest absolute Gasteiger partial charge is 0.193 e. The van der Waals surface area contributed by atoms with E-state index in [0.29, 0.717) is 5.41 Å². The molecular weight excluding hydrogens is 515 g/mol. The molecule has 0 bridgehead atoms. The van der Waals surface area contributed by atoms with Crippen molar-refractivity contribution in [3.8, 4) is 0 Å². The van der Waals surface area contributed by atoms with Crippen molar-refractivity contribution in [2.24, 2.45) is 10.9 Å². The minimum Gasteiger partial charge on any atom is -0.355 e. The Kier molecular flexibility index (Phi) is 8.87. The molecule has 0 amide bonds. The summed E-state index contributed by atoms with van der Waals surface area (Å²) in [7, 11) is 1.92. The summed E-state index contributed by atoms with van der Waals surface area (Å²) in [4.78, 5) is 9.56. The molecule has 1 unspecified atom stereocenters. The molecular formula is C21H34BrIN4. The first-order valence-corrected chi connectivity index (χ1v) is 10.8. The van der Waals surface area contributed by atoms with Crippen LogP contribution in [0.15, 0.2) is 33.7 Å². The summed E-state index contributed by atoms with van der Waals surface area (Å²) in [5.41, 5.74) is 1.73. The van der Waals surface area contributed by atoms with E-state index in [1.807, 2.05) is 7.05 Å². The van der Waals surface area contributed by atoms with Crippen LogP contribution in [0.3, 0.4) is 0 Å². The number of rotatable bonds is 7. The van der Waals surface area contributed by atoms with Gasteiger partial charge >= 0.3 is 0 Å². The fraction of sp³-hybridized carbons (Fsp3) is 0.667. The molecule has 2 fully saturated rings. The topological polar surface area (TPSA) is 30.9 Å². The molecule has 1 aliphatic carbocycles. The molecule has 1 saturated heterocycles. The van der Waals surface area contributed by atoms with Gasteiger partial charge in [0.1, 0.15) is 0 Å². The van der Waals surface area contributed by atoms with Gasteiger partial charge < -0.3 is 15.1 Å². The molecule has 0 radical (unpaired) electrons. The molecule has 1 saturated carbocycles. The van der Waals surface area contributed by atoms with Crippen LogP contribution in [0, 0.1) is 5.92 Å². The molecule has 0 aromatic heterocycles. The van der Waals surface area contributed by atoms with Gasteiger partial charge in [-0.3, -0.25) is 4.99 Å². The number of guanidine groups is 1. The third-order valence-electron chi connectivity index (χ3n) is 6.08. The van der Waals surface area contributed by atoms with Crippen molar-refractivity contribution in [2.75, 3.05) is 46.3 Å². The average Bonchev–Trinajstić information content (AvgIpc) is 3.31. The van der Waals surface area contributed by atoms with E-state index in [0.717, 1.165) is 44.6 Å². The summed E-state index contributed by atoms with van der Waals surface area (Å²) in [5, 5.41) is 3.68. The third kappa shape index (κ3) is 5.82. The van der Waals surface area contributed by atoms with Gasteiger partial charge in [-0.05, 0) is 56.0 Å². The van der Waals surface area contributed by atoms with Crippen LogP contribution in [0.5, 0.6) is 0 Å². The van der Waals surface area contributed by atoms with Crippen molar-refractivity contribution < 1.29 is 0 Å². The maximum atomic E-state index is 4.57. The summed E-state index contributed by atoms with van der Waals surface area (Å²) < 4.78 is 1.17. The first-order chi connectivity index (χ1) is 12.6. The lowest BCUT2D eigenvalue weighted by Crippen LogP contribution is -2.43. The van der Waals surface area contributed by atoms with Gasteiger partial charge in [-0.2, -0.15) is 0 Å². The largest absolute Gasteiger partial charge is 0.355 e. The SMILES string of the molecule is CCN(CC)CC1CCN(C(=NC)NCC2(c3cccc(Br)c3)CC2)C1.I. The molecule has 1 N–H and O–H groups in total. The molecule has 27 heavy (non-hydrogen) atoms. The Morgan fingerprint density at radius 3 is 2.67 bits per heavy atom. The zero-order valence-electron chi connectivity index (χ0n) is 16.9. The van der Waals surface area contributed by atoms with Gasteiger partial charge in [0.15, 0.2) is 5.96 Å². The molecule has 3 rings (SSSR count). The van der Waals surface area contributed by atoms with Gasteiger partial charge in [0.25, 0.3) is 0 Å². The second-order valence-corrected chi connectivity index (χ2v) is 8.69. The quantitative estimate of drug-likeness (QED) is 0.312. The van der Waals surface area contributed by atoms with Crippen LogP contribution in [-0.4, -0.2) is 62.1 Å². The fourth-order valence-electron chi connectivity index (χ4n) is 4.14. The van der Waals surface area contributed by atoms with Crippen molar-refractivity contribution in [1.82, 2.24) is 15.1 Å². The average molecular weight is 549 g/mol. The zero-order chi connectivity index (χ0) is 18.6. The number of halogens is 2. The molecule has 6 heteroatoms. The van der Waals surface area contributed by atoms with E-state index in [-0.39, 0.29) is 24.0 Å². The van der Waals surface area contributed by atoms with Crippen molar-refractivity contribution in [1.29, 1.82) is 0 Å². The fourth-order valence-corrected chi connectivity index (χ4v) is 4.54. The Hall–Kier alpha value is -0.340. The molecule has 1 heterocycles. The monoisotopic (exact) mass is 548 g/mol. The Balaban J connectivity index is 0.00000261. The number of likely N-dealkylation sites (tertiary alicyclic amines) is 1. The van der Waals surface area contributed by atoms with Gasteiger partial charge in [-0.1, -0.05) is 41.9 Å². The molecule has 1 aromatic carbocycles. The highest BCUT2D eigenvalue weighted by Crippen LogP contribution is 2.48. The van der Waals surface area contributed by atoms with E-state index >= 15 is 0 Å². The summed E-state index contributed by atoms with van der Waals surface area (Å²) in [6.07, 6.45) is 3.80. The lowest BCUT2D eigenvalue weighted by Gasteiger charge is -2.26. The standard InChI is InChI=1S/C21H33BrN4.HI/c1-4-25(5-2)14-17-9-12-26(15-17)20(23-3)24-16-21(10-11-21)18-7-6-8-19(22)13-18;/h6-8,13,17H,4-5,9-12,14-16H2,1-3H3,(H,23,24);1H. The second-order valence-electron chi connectivity index (χ2n) is 7.78. The Morgan fingerprint density at radius 1 is 1.33 bits per heavy atom. The van der Waals surface area contributed by atoms with Crippen LogP contribution in [-0.2, 0) is 5.41 Å². The lowest BCUT2D eigenvalue weighted by molar-refractivity contribution is 0.255. The molecule has 1 aromatic rings. The van der Waals surface area contributed by atoms with Gasteiger partial charge in [0.05, 0.1) is 0 Å². The van der Waals surface area contributed by atoms with E-state index in [4.69, 9.17) is 0 Å². The normalized spacial score (nSPS) is 21.3. The molecule has 4 nitrogen and oxygen atoms in total. The van der Waals surface area contributed by atoms with Crippen molar-refractivity contribution >= 4 is 45.9 Å². The van der Waals surface area contributed by atoms with Crippen molar-refractivity contribution in [3.05, 3.63) is 34.3 Å². The van der Waals surface area contributed by atoms with Gasteiger partial charge in [-0.15, -0.1) is 24.0 Å². The van der Waals surface area contributed by atoms with E-state index in [1.54, 1.807) is 0 Å². The molecule has 2 aliphatic rings. The Labute approximate surface area is 190 Å². The van der Waals surface area contributed by atoms with Gasteiger partial charge in [0.2, 0.25) is 0 Å². The van der Waals surface area contributed by atoms with Crippen molar-refractivity contribution in [3.63, 3.8) is 0 Å². The van der Waals surface area contributed by atoms with E-state index in [2.05, 4.69) is 74.2 Å². The summed E-state index contributed by atoms with van der Waals surface area (Å²) in [6.45, 7) is 11.2. The highest BCUT2D eigenvalue weighted by atomic mass is 127.